The van der Waals surface area contributed by atoms with Crippen LogP contribution < -0.4 is 11.0 Å². The minimum absolute atomic E-state index is 0.0741. The maximum Gasteiger partial charge on any atom is 0.348 e. The fourth-order valence-corrected chi connectivity index (χ4v) is 4.82. The molecule has 0 saturated heterocycles. The van der Waals surface area contributed by atoms with E-state index >= 15 is 0 Å². The first-order valence-corrected chi connectivity index (χ1v) is 12.3. The lowest BCUT2D eigenvalue weighted by Gasteiger charge is -2.15. The van der Waals surface area contributed by atoms with Crippen molar-refractivity contribution in [2.45, 2.75) is 63.4 Å². The normalized spacial score (nSPS) is 12.9. The Balaban J connectivity index is 1.60. The fraction of sp³-hybridized carbons (Fsp3) is 0.542. The van der Waals surface area contributed by atoms with Crippen molar-refractivity contribution in [2.75, 3.05) is 31.7 Å². The lowest BCUT2D eigenvalue weighted by Crippen LogP contribution is -2.29. The van der Waals surface area contributed by atoms with Crippen LogP contribution in [0.2, 0.25) is 0 Å². The summed E-state index contributed by atoms with van der Waals surface area (Å²) >= 11 is 1.37. The molecule has 1 aromatic heterocycles. The van der Waals surface area contributed by atoms with Gasteiger partial charge in [0.25, 0.3) is 0 Å². The van der Waals surface area contributed by atoms with Crippen LogP contribution in [-0.4, -0.2) is 46.8 Å². The third kappa shape index (κ3) is 6.68. The molecule has 0 atom stereocenters. The summed E-state index contributed by atoms with van der Waals surface area (Å²) in [5.74, 6) is 0.177. The maximum atomic E-state index is 12.6. The molecular weight excluding hydrogens is 408 g/mol. The zero-order valence-corrected chi connectivity index (χ0v) is 19.8. The molecule has 6 nitrogen and oxygen atoms in total. The molecule has 31 heavy (non-hydrogen) atoms. The van der Waals surface area contributed by atoms with Crippen LogP contribution in [-0.2, 0) is 30.6 Å². The minimum atomic E-state index is -0.190. The van der Waals surface area contributed by atoms with E-state index in [4.69, 9.17) is 0 Å². The van der Waals surface area contributed by atoms with Crippen LogP contribution in [0, 0.1) is 0 Å². The molecule has 1 amide bonds. The van der Waals surface area contributed by atoms with E-state index < -0.39 is 0 Å². The highest BCUT2D eigenvalue weighted by atomic mass is 32.2. The molecule has 1 aliphatic carbocycles. The van der Waals surface area contributed by atoms with E-state index in [2.05, 4.69) is 34.3 Å². The molecule has 1 aliphatic rings. The Morgan fingerprint density at radius 3 is 2.68 bits per heavy atom. The van der Waals surface area contributed by atoms with Crippen molar-refractivity contribution in [2.24, 2.45) is 0 Å². The Kier molecular flexibility index (Phi) is 8.72. The Morgan fingerprint density at radius 1 is 1.19 bits per heavy atom. The zero-order valence-electron chi connectivity index (χ0n) is 18.9. The van der Waals surface area contributed by atoms with Gasteiger partial charge >= 0.3 is 5.69 Å². The number of aromatic nitrogens is 2. The van der Waals surface area contributed by atoms with Crippen molar-refractivity contribution in [3.05, 3.63) is 51.6 Å². The number of anilines is 1. The number of thioether (sulfide) groups is 1. The van der Waals surface area contributed by atoms with Gasteiger partial charge in [0.05, 0.1) is 5.75 Å². The van der Waals surface area contributed by atoms with Gasteiger partial charge in [-0.1, -0.05) is 37.2 Å². The van der Waals surface area contributed by atoms with Gasteiger partial charge in [-0.2, -0.15) is 4.98 Å². The van der Waals surface area contributed by atoms with Crippen LogP contribution in [0.1, 0.15) is 49.4 Å². The van der Waals surface area contributed by atoms with Gasteiger partial charge in [0.15, 0.2) is 0 Å². The quantitative estimate of drug-likeness (QED) is 0.424. The summed E-state index contributed by atoms with van der Waals surface area (Å²) in [5, 5.41) is 3.68. The third-order valence-corrected chi connectivity index (χ3v) is 6.60. The molecule has 0 aliphatic heterocycles. The molecule has 0 bridgehead atoms. The van der Waals surface area contributed by atoms with Gasteiger partial charge in [-0.3, -0.25) is 9.36 Å². The van der Waals surface area contributed by atoms with Crippen LogP contribution >= 0.6 is 11.8 Å². The number of unbranched alkanes of at least 4 members (excludes halogenated alkanes) is 1. The maximum absolute atomic E-state index is 12.6. The van der Waals surface area contributed by atoms with Gasteiger partial charge in [-0.05, 0) is 76.9 Å². The van der Waals surface area contributed by atoms with Gasteiger partial charge in [-0.25, -0.2) is 4.79 Å². The topological polar surface area (TPSA) is 67.2 Å². The highest BCUT2D eigenvalue weighted by molar-refractivity contribution is 8.00. The summed E-state index contributed by atoms with van der Waals surface area (Å²) in [6.45, 7) is 3.83. The van der Waals surface area contributed by atoms with E-state index in [0.717, 1.165) is 60.6 Å². The van der Waals surface area contributed by atoms with E-state index in [1.54, 1.807) is 0 Å². The van der Waals surface area contributed by atoms with Crippen LogP contribution in [0.25, 0.3) is 0 Å². The lowest BCUT2D eigenvalue weighted by molar-refractivity contribution is -0.113. The molecule has 0 saturated carbocycles. The molecular formula is C24H34N4O2S. The average molecular weight is 443 g/mol. The largest absolute Gasteiger partial charge is 0.348 e. The Morgan fingerprint density at radius 2 is 1.97 bits per heavy atom. The fourth-order valence-electron chi connectivity index (χ4n) is 3.95. The van der Waals surface area contributed by atoms with Crippen LogP contribution in [0.3, 0.4) is 0 Å². The van der Waals surface area contributed by atoms with Crippen LogP contribution in [0.15, 0.2) is 34.1 Å². The van der Waals surface area contributed by atoms with E-state index in [0.29, 0.717) is 6.54 Å². The summed E-state index contributed by atoms with van der Waals surface area (Å²) in [7, 11) is 4.08. The minimum Gasteiger partial charge on any atom is -0.325 e. The molecule has 0 spiro atoms. The second-order valence-electron chi connectivity index (χ2n) is 8.42. The number of hydrogen-bond acceptors (Lipinski definition) is 5. The number of hydrogen-bond donors (Lipinski definition) is 1. The smallest absolute Gasteiger partial charge is 0.325 e. The van der Waals surface area contributed by atoms with Crippen molar-refractivity contribution in [3.8, 4) is 0 Å². The van der Waals surface area contributed by atoms with Crippen LogP contribution in [0.4, 0.5) is 5.69 Å². The van der Waals surface area contributed by atoms with Crippen molar-refractivity contribution < 1.29 is 4.79 Å². The van der Waals surface area contributed by atoms with E-state index in [1.165, 1.54) is 30.2 Å². The lowest BCUT2D eigenvalue weighted by atomic mass is 10.1. The standard InChI is InChI=1S/C24H34N4O2S/c1-4-5-8-18-11-13-19(14-12-18)25-22(29)17-31-23-20-9-6-10-21(20)28(24(30)26-23)16-7-15-27(2)3/h11-14H,4-10,15-17H2,1-3H3,(H,25,29). The molecule has 168 valence electrons. The summed E-state index contributed by atoms with van der Waals surface area (Å²) in [5.41, 5.74) is 4.18. The van der Waals surface area contributed by atoms with Gasteiger partial charge in [0, 0.05) is 23.5 Å². The van der Waals surface area contributed by atoms with E-state index in [1.807, 2.05) is 30.8 Å². The van der Waals surface area contributed by atoms with Crippen LogP contribution in [0.5, 0.6) is 0 Å². The number of nitrogens with zero attached hydrogens (tertiary/aromatic N) is 3. The van der Waals surface area contributed by atoms with Gasteiger partial charge in [0.2, 0.25) is 5.91 Å². The Labute approximate surface area is 189 Å². The molecule has 0 unspecified atom stereocenters. The van der Waals surface area contributed by atoms with Crippen molar-refractivity contribution in [3.63, 3.8) is 0 Å². The first-order valence-electron chi connectivity index (χ1n) is 11.3. The monoisotopic (exact) mass is 442 g/mol. The van der Waals surface area contributed by atoms with Gasteiger partial charge in [-0.15, -0.1) is 0 Å². The molecule has 0 fully saturated rings. The SMILES string of the molecule is CCCCc1ccc(NC(=O)CSc2nc(=O)n(CCCN(C)C)c3c2CCC3)cc1. The summed E-state index contributed by atoms with van der Waals surface area (Å²) in [6, 6.07) is 8.06. The van der Waals surface area contributed by atoms with Crippen molar-refractivity contribution in [1.82, 2.24) is 14.5 Å². The predicted molar refractivity (Wildman–Crippen MR) is 128 cm³/mol. The Hall–Kier alpha value is -2.12. The molecule has 7 heteroatoms. The molecule has 1 aromatic carbocycles. The molecule has 3 rings (SSSR count). The molecule has 1 heterocycles. The summed E-state index contributed by atoms with van der Waals surface area (Å²) in [4.78, 5) is 31.6. The number of carbonyl (C=O) groups excluding carboxylic acids is 1. The van der Waals surface area contributed by atoms with E-state index in [-0.39, 0.29) is 17.3 Å². The molecule has 0 radical (unpaired) electrons. The number of aryl methyl sites for hydroxylation is 1. The first kappa shape index (κ1) is 23.5. The number of nitrogens with one attached hydrogen (secondary N) is 1. The molecule has 2 aromatic rings. The number of benzene rings is 1. The zero-order chi connectivity index (χ0) is 22.2. The van der Waals surface area contributed by atoms with Gasteiger partial charge in [0.1, 0.15) is 5.03 Å². The Bertz CT molecular complexity index is 938. The van der Waals surface area contributed by atoms with Gasteiger partial charge < -0.3 is 10.2 Å². The van der Waals surface area contributed by atoms with Crippen molar-refractivity contribution in [1.29, 1.82) is 0 Å². The van der Waals surface area contributed by atoms with E-state index in [9.17, 15) is 9.59 Å². The number of fused-ring (bicyclic) bond motifs is 1. The third-order valence-electron chi connectivity index (χ3n) is 5.58. The second-order valence-corrected chi connectivity index (χ2v) is 9.39. The second kappa shape index (κ2) is 11.5. The highest BCUT2D eigenvalue weighted by Gasteiger charge is 2.22. The first-order chi connectivity index (χ1) is 15.0. The molecule has 1 N–H and O–H groups in total. The van der Waals surface area contributed by atoms with Crippen molar-refractivity contribution >= 4 is 23.4 Å². The highest BCUT2D eigenvalue weighted by Crippen LogP contribution is 2.29. The number of rotatable bonds is 11. The average Bonchev–Trinajstić information content (AvgIpc) is 3.23. The summed E-state index contributed by atoms with van der Waals surface area (Å²) < 4.78 is 1.84. The number of amides is 1. The summed E-state index contributed by atoms with van der Waals surface area (Å²) in [6.07, 6.45) is 7.23. The predicted octanol–water partition coefficient (Wildman–Crippen LogP) is 3.76. The number of carbonyl (C=O) groups is 1.